The molecule has 0 aliphatic rings. The van der Waals surface area contributed by atoms with E-state index in [1.807, 2.05) is 18.2 Å². The SMILES string of the molecule is Fc1ccc(-c2cc(-c3cccc(-n4c5ccccc5c5cc(-c6ccc7c(c6)c6ccccc6n7-c6ccccc6)ccc54)c3)nc(-c3ccc(F)cc3)n2)cc1. The zero-order valence-corrected chi connectivity index (χ0v) is 31.0. The lowest BCUT2D eigenvalue weighted by Gasteiger charge is -2.12. The Kier molecular flexibility index (Phi) is 7.83. The Morgan fingerprint density at radius 1 is 0.310 bits per heavy atom. The number of halogens is 2. The number of fused-ring (bicyclic) bond motifs is 6. The van der Waals surface area contributed by atoms with Gasteiger partial charge < -0.3 is 9.13 Å². The van der Waals surface area contributed by atoms with E-state index in [0.29, 0.717) is 22.8 Å². The van der Waals surface area contributed by atoms with Crippen LogP contribution in [0.15, 0.2) is 194 Å². The molecule has 274 valence electrons. The molecule has 3 heterocycles. The van der Waals surface area contributed by atoms with Crippen LogP contribution < -0.4 is 0 Å². The summed E-state index contributed by atoms with van der Waals surface area (Å²) in [6, 6.07) is 63.9. The fourth-order valence-corrected chi connectivity index (χ4v) is 8.33. The van der Waals surface area contributed by atoms with Crippen molar-refractivity contribution in [2.75, 3.05) is 0 Å². The van der Waals surface area contributed by atoms with Gasteiger partial charge in [0.05, 0.1) is 33.5 Å². The highest BCUT2D eigenvalue weighted by Crippen LogP contribution is 2.39. The Morgan fingerprint density at radius 3 is 1.38 bits per heavy atom. The maximum atomic E-state index is 13.9. The zero-order chi connectivity index (χ0) is 38.7. The summed E-state index contributed by atoms with van der Waals surface area (Å²) in [6.45, 7) is 0. The average Bonchev–Trinajstić information content (AvgIpc) is 3.79. The average molecular weight is 751 g/mol. The van der Waals surface area contributed by atoms with Crippen LogP contribution in [0.1, 0.15) is 0 Å². The van der Waals surface area contributed by atoms with Crippen LogP contribution in [0.2, 0.25) is 0 Å². The minimum absolute atomic E-state index is 0.323. The van der Waals surface area contributed by atoms with Crippen LogP contribution in [-0.2, 0) is 0 Å². The first-order valence-electron chi connectivity index (χ1n) is 19.2. The van der Waals surface area contributed by atoms with Crippen molar-refractivity contribution in [2.45, 2.75) is 0 Å². The number of rotatable bonds is 6. The highest BCUT2D eigenvalue weighted by atomic mass is 19.1. The number of aromatic nitrogens is 4. The first kappa shape index (κ1) is 33.6. The largest absolute Gasteiger partial charge is 0.309 e. The maximum Gasteiger partial charge on any atom is 0.160 e. The van der Waals surface area contributed by atoms with Gasteiger partial charge >= 0.3 is 0 Å². The Labute approximate surface area is 332 Å². The Balaban J connectivity index is 1.04. The quantitative estimate of drug-likeness (QED) is 0.170. The highest BCUT2D eigenvalue weighted by Gasteiger charge is 2.17. The fourth-order valence-electron chi connectivity index (χ4n) is 8.33. The summed E-state index contributed by atoms with van der Waals surface area (Å²) in [6.07, 6.45) is 0. The number of para-hydroxylation sites is 3. The molecule has 4 nitrogen and oxygen atoms in total. The van der Waals surface area contributed by atoms with Gasteiger partial charge in [0, 0.05) is 49.6 Å². The third-order valence-electron chi connectivity index (χ3n) is 11.1. The molecule has 3 aromatic heterocycles. The van der Waals surface area contributed by atoms with Crippen LogP contribution in [-0.4, -0.2) is 19.1 Å². The molecule has 0 bridgehead atoms. The molecule has 0 fully saturated rings. The van der Waals surface area contributed by atoms with E-state index >= 15 is 0 Å². The standard InChI is InChI=1S/C52H32F2N4/c53-38-23-17-33(18-24-38)46-32-47(56-52(55-46)34-19-25-39(54)26-20-34)37-9-8-12-41(29-37)58-49-16-7-5-14-43(49)45-31-36(22-28-51(45)58)35-21-27-50-44(30-35)42-13-4-6-15-48(42)57(50)40-10-2-1-3-11-40/h1-32H. The second-order valence-electron chi connectivity index (χ2n) is 14.5. The van der Waals surface area contributed by atoms with Crippen LogP contribution in [0.5, 0.6) is 0 Å². The van der Waals surface area contributed by atoms with Crippen molar-refractivity contribution in [3.63, 3.8) is 0 Å². The third kappa shape index (κ3) is 5.65. The van der Waals surface area contributed by atoms with Gasteiger partial charge in [-0.3, -0.25) is 0 Å². The molecule has 0 saturated heterocycles. The summed E-state index contributed by atoms with van der Waals surface area (Å²) in [4.78, 5) is 9.81. The molecule has 0 amide bonds. The highest BCUT2D eigenvalue weighted by molar-refractivity contribution is 6.12. The monoisotopic (exact) mass is 750 g/mol. The van der Waals surface area contributed by atoms with Gasteiger partial charge in [-0.25, -0.2) is 18.7 Å². The molecule has 11 aromatic rings. The van der Waals surface area contributed by atoms with Crippen molar-refractivity contribution in [3.05, 3.63) is 206 Å². The number of nitrogens with zero attached hydrogens (tertiary/aromatic N) is 4. The molecule has 6 heteroatoms. The Morgan fingerprint density at radius 2 is 0.776 bits per heavy atom. The van der Waals surface area contributed by atoms with Gasteiger partial charge in [-0.2, -0.15) is 0 Å². The summed E-state index contributed by atoms with van der Waals surface area (Å²) in [5, 5.41) is 4.75. The van der Waals surface area contributed by atoms with E-state index in [1.165, 1.54) is 46.1 Å². The van der Waals surface area contributed by atoms with E-state index in [-0.39, 0.29) is 11.6 Å². The van der Waals surface area contributed by atoms with Crippen LogP contribution in [0.3, 0.4) is 0 Å². The van der Waals surface area contributed by atoms with E-state index < -0.39 is 0 Å². The van der Waals surface area contributed by atoms with Crippen molar-refractivity contribution in [1.29, 1.82) is 0 Å². The minimum Gasteiger partial charge on any atom is -0.309 e. The lowest BCUT2D eigenvalue weighted by atomic mass is 10.0. The molecule has 58 heavy (non-hydrogen) atoms. The van der Waals surface area contributed by atoms with E-state index in [0.717, 1.165) is 55.4 Å². The van der Waals surface area contributed by atoms with Gasteiger partial charge in [0.15, 0.2) is 5.82 Å². The third-order valence-corrected chi connectivity index (χ3v) is 11.1. The molecular formula is C52H32F2N4. The molecule has 0 saturated carbocycles. The summed E-state index contributed by atoms with van der Waals surface area (Å²) >= 11 is 0. The molecule has 0 atom stereocenters. The van der Waals surface area contributed by atoms with Gasteiger partial charge in [0.25, 0.3) is 0 Å². The molecule has 0 aliphatic heterocycles. The second kappa shape index (κ2) is 13.5. The number of benzene rings is 8. The van der Waals surface area contributed by atoms with Crippen molar-refractivity contribution in [2.24, 2.45) is 0 Å². The van der Waals surface area contributed by atoms with Crippen LogP contribution in [0.25, 0.3) is 100 Å². The predicted octanol–water partition coefficient (Wildman–Crippen LogP) is 13.6. The minimum atomic E-state index is -0.335. The summed E-state index contributed by atoms with van der Waals surface area (Å²) in [5.74, 6) is -0.205. The Hall–Kier alpha value is -7.70. The van der Waals surface area contributed by atoms with Crippen molar-refractivity contribution >= 4 is 43.6 Å². The number of hydrogen-bond donors (Lipinski definition) is 0. The van der Waals surface area contributed by atoms with Gasteiger partial charge in [0.1, 0.15) is 11.6 Å². The zero-order valence-electron chi connectivity index (χ0n) is 31.0. The molecule has 0 aliphatic carbocycles. The molecule has 0 unspecified atom stereocenters. The van der Waals surface area contributed by atoms with Crippen LogP contribution >= 0.6 is 0 Å². The topological polar surface area (TPSA) is 35.6 Å². The van der Waals surface area contributed by atoms with Crippen LogP contribution in [0, 0.1) is 11.6 Å². The van der Waals surface area contributed by atoms with E-state index in [2.05, 4.69) is 137 Å². The van der Waals surface area contributed by atoms with Gasteiger partial charge in [-0.1, -0.05) is 78.9 Å². The van der Waals surface area contributed by atoms with E-state index in [1.54, 1.807) is 24.3 Å². The molecule has 8 aromatic carbocycles. The summed E-state index contributed by atoms with van der Waals surface area (Å²) < 4.78 is 32.5. The smallest absolute Gasteiger partial charge is 0.160 e. The van der Waals surface area contributed by atoms with Crippen LogP contribution in [0.4, 0.5) is 8.78 Å². The second-order valence-corrected chi connectivity index (χ2v) is 14.5. The van der Waals surface area contributed by atoms with Crippen molar-refractivity contribution in [3.8, 4) is 56.4 Å². The maximum absolute atomic E-state index is 13.9. The first-order chi connectivity index (χ1) is 28.6. The molecular weight excluding hydrogens is 719 g/mol. The lowest BCUT2D eigenvalue weighted by Crippen LogP contribution is -1.98. The lowest BCUT2D eigenvalue weighted by molar-refractivity contribution is 0.627. The number of hydrogen-bond acceptors (Lipinski definition) is 2. The normalized spacial score (nSPS) is 11.6. The summed E-state index contributed by atoms with van der Waals surface area (Å²) in [7, 11) is 0. The van der Waals surface area contributed by atoms with Crippen molar-refractivity contribution in [1.82, 2.24) is 19.1 Å². The fraction of sp³-hybridized carbons (Fsp3) is 0. The summed E-state index contributed by atoms with van der Waals surface area (Å²) in [5.41, 5.74) is 12.6. The molecule has 11 rings (SSSR count). The van der Waals surface area contributed by atoms with Gasteiger partial charge in [0.2, 0.25) is 0 Å². The van der Waals surface area contributed by atoms with Crippen molar-refractivity contribution < 1.29 is 8.78 Å². The van der Waals surface area contributed by atoms with E-state index in [4.69, 9.17) is 9.97 Å². The van der Waals surface area contributed by atoms with Gasteiger partial charge in [-0.15, -0.1) is 0 Å². The van der Waals surface area contributed by atoms with Gasteiger partial charge in [-0.05, 0) is 126 Å². The molecule has 0 spiro atoms. The molecule has 0 N–H and O–H groups in total. The predicted molar refractivity (Wildman–Crippen MR) is 232 cm³/mol. The first-order valence-corrected chi connectivity index (χ1v) is 19.2. The Bertz CT molecular complexity index is 3280. The van der Waals surface area contributed by atoms with E-state index in [9.17, 15) is 8.78 Å². The molecule has 0 radical (unpaired) electrons.